The summed E-state index contributed by atoms with van der Waals surface area (Å²) in [6, 6.07) is 14.9. The fourth-order valence-corrected chi connectivity index (χ4v) is 2.99. The van der Waals surface area contributed by atoms with Crippen molar-refractivity contribution in [3.63, 3.8) is 0 Å². The number of carbonyl (C=O) groups excluding carboxylic acids is 2. The number of aryl methyl sites for hydroxylation is 1. The number of benzene rings is 2. The summed E-state index contributed by atoms with van der Waals surface area (Å²) < 4.78 is 13.2. The Morgan fingerprint density at radius 1 is 1.17 bits per heavy atom. The van der Waals surface area contributed by atoms with Crippen LogP contribution in [0.15, 0.2) is 54.6 Å². The first-order chi connectivity index (χ1) is 11.6. The van der Waals surface area contributed by atoms with Gasteiger partial charge in [0.05, 0.1) is 0 Å². The van der Waals surface area contributed by atoms with Gasteiger partial charge < -0.3 is 10.2 Å². The van der Waals surface area contributed by atoms with Crippen molar-refractivity contribution in [2.24, 2.45) is 0 Å². The Morgan fingerprint density at radius 3 is 2.71 bits per heavy atom. The Balaban J connectivity index is 1.73. The van der Waals surface area contributed by atoms with Crippen molar-refractivity contribution in [1.29, 1.82) is 0 Å². The lowest BCUT2D eigenvalue weighted by Gasteiger charge is -2.35. The van der Waals surface area contributed by atoms with E-state index in [4.69, 9.17) is 0 Å². The van der Waals surface area contributed by atoms with Gasteiger partial charge in [-0.05, 0) is 29.7 Å². The molecule has 5 heteroatoms. The van der Waals surface area contributed by atoms with Crippen LogP contribution in [0.4, 0.5) is 4.39 Å². The second-order valence-corrected chi connectivity index (χ2v) is 5.82. The first-order valence-electron chi connectivity index (χ1n) is 8.02. The highest BCUT2D eigenvalue weighted by Gasteiger charge is 2.33. The summed E-state index contributed by atoms with van der Waals surface area (Å²) in [4.78, 5) is 26.5. The summed E-state index contributed by atoms with van der Waals surface area (Å²) in [6.45, 7) is 0.932. The SMILES string of the molecule is O=C1NCCN(C(=O)CCc2cccc(F)c2)C1c1ccccc1. The molecule has 1 aliphatic heterocycles. The lowest BCUT2D eigenvalue weighted by molar-refractivity contribution is -0.143. The first kappa shape index (κ1) is 16.2. The molecule has 1 N–H and O–H groups in total. The van der Waals surface area contributed by atoms with Crippen LogP contribution in [-0.4, -0.2) is 29.8 Å². The van der Waals surface area contributed by atoms with Gasteiger partial charge in [-0.3, -0.25) is 9.59 Å². The summed E-state index contributed by atoms with van der Waals surface area (Å²) in [5.74, 6) is -0.561. The number of rotatable bonds is 4. The van der Waals surface area contributed by atoms with Crippen molar-refractivity contribution in [3.8, 4) is 0 Å². The molecular formula is C19H19FN2O2. The molecule has 1 saturated heterocycles. The standard InChI is InChI=1S/C19H19FN2O2/c20-16-8-4-5-14(13-16)9-10-17(23)22-12-11-21-19(24)18(22)15-6-2-1-3-7-15/h1-8,13,18H,9-12H2,(H,21,24). The van der Waals surface area contributed by atoms with Crippen LogP contribution >= 0.6 is 0 Å². The molecule has 2 aromatic rings. The highest BCUT2D eigenvalue weighted by Crippen LogP contribution is 2.24. The van der Waals surface area contributed by atoms with Crippen molar-refractivity contribution in [2.75, 3.05) is 13.1 Å². The molecule has 2 amide bonds. The fraction of sp³-hybridized carbons (Fsp3) is 0.263. The number of piperazine rings is 1. The highest BCUT2D eigenvalue weighted by molar-refractivity contribution is 5.89. The van der Waals surface area contributed by atoms with Crippen LogP contribution in [0.25, 0.3) is 0 Å². The van der Waals surface area contributed by atoms with Gasteiger partial charge in [-0.2, -0.15) is 0 Å². The summed E-state index contributed by atoms with van der Waals surface area (Å²) in [7, 11) is 0. The zero-order valence-corrected chi connectivity index (χ0v) is 13.2. The molecule has 3 rings (SSSR count). The van der Waals surface area contributed by atoms with Gasteiger partial charge in [-0.15, -0.1) is 0 Å². The first-order valence-corrected chi connectivity index (χ1v) is 8.02. The smallest absolute Gasteiger partial charge is 0.247 e. The van der Waals surface area contributed by atoms with E-state index < -0.39 is 6.04 Å². The molecule has 1 atom stereocenters. The Bertz CT molecular complexity index is 733. The maximum atomic E-state index is 13.2. The van der Waals surface area contributed by atoms with E-state index in [1.807, 2.05) is 30.3 Å². The number of amides is 2. The number of nitrogens with one attached hydrogen (secondary N) is 1. The zero-order chi connectivity index (χ0) is 16.9. The molecule has 1 aliphatic rings. The van der Waals surface area contributed by atoms with Crippen LogP contribution in [0.3, 0.4) is 0 Å². The summed E-state index contributed by atoms with van der Waals surface area (Å²) in [5.41, 5.74) is 1.58. The number of halogens is 1. The molecule has 1 heterocycles. The molecule has 1 unspecified atom stereocenters. The Kier molecular flexibility index (Phi) is 4.89. The lowest BCUT2D eigenvalue weighted by atomic mass is 10.0. The molecule has 24 heavy (non-hydrogen) atoms. The quantitative estimate of drug-likeness (QED) is 0.938. The van der Waals surface area contributed by atoms with Crippen molar-refractivity contribution in [1.82, 2.24) is 10.2 Å². The van der Waals surface area contributed by atoms with Gasteiger partial charge in [0, 0.05) is 19.5 Å². The summed E-state index contributed by atoms with van der Waals surface area (Å²) in [6.07, 6.45) is 0.705. The van der Waals surface area contributed by atoms with Gasteiger partial charge in [0.1, 0.15) is 11.9 Å². The number of carbonyl (C=O) groups is 2. The van der Waals surface area contributed by atoms with E-state index in [1.54, 1.807) is 17.0 Å². The topological polar surface area (TPSA) is 49.4 Å². The second-order valence-electron chi connectivity index (χ2n) is 5.82. The molecule has 0 spiro atoms. The third-order valence-electron chi connectivity index (χ3n) is 4.16. The predicted molar refractivity (Wildman–Crippen MR) is 88.6 cm³/mol. The fourth-order valence-electron chi connectivity index (χ4n) is 2.99. The minimum atomic E-state index is -0.597. The van der Waals surface area contributed by atoms with Gasteiger partial charge in [0.2, 0.25) is 11.8 Å². The van der Waals surface area contributed by atoms with Gasteiger partial charge in [0.15, 0.2) is 0 Å². The molecule has 2 aromatic carbocycles. The maximum Gasteiger partial charge on any atom is 0.247 e. The van der Waals surface area contributed by atoms with E-state index in [1.165, 1.54) is 12.1 Å². The van der Waals surface area contributed by atoms with Crippen LogP contribution in [0.5, 0.6) is 0 Å². The maximum absolute atomic E-state index is 13.2. The summed E-state index contributed by atoms with van der Waals surface area (Å²) in [5, 5.41) is 2.81. The molecule has 124 valence electrons. The molecule has 1 fully saturated rings. The zero-order valence-electron chi connectivity index (χ0n) is 13.2. The minimum Gasteiger partial charge on any atom is -0.352 e. The molecule has 0 aliphatic carbocycles. The van der Waals surface area contributed by atoms with Crippen molar-refractivity contribution >= 4 is 11.8 Å². The van der Waals surface area contributed by atoms with Crippen molar-refractivity contribution in [3.05, 3.63) is 71.5 Å². The normalized spacial score (nSPS) is 17.5. The van der Waals surface area contributed by atoms with Crippen molar-refractivity contribution < 1.29 is 14.0 Å². The number of nitrogens with zero attached hydrogens (tertiary/aromatic N) is 1. The summed E-state index contributed by atoms with van der Waals surface area (Å²) >= 11 is 0. The second kappa shape index (κ2) is 7.25. The largest absolute Gasteiger partial charge is 0.352 e. The average Bonchev–Trinajstić information content (AvgIpc) is 2.60. The van der Waals surface area contributed by atoms with Crippen LogP contribution in [0, 0.1) is 5.82 Å². The Morgan fingerprint density at radius 2 is 1.96 bits per heavy atom. The predicted octanol–water partition coefficient (Wildman–Crippen LogP) is 2.46. The number of hydrogen-bond acceptors (Lipinski definition) is 2. The van der Waals surface area contributed by atoms with E-state index >= 15 is 0 Å². The van der Waals surface area contributed by atoms with Gasteiger partial charge >= 0.3 is 0 Å². The molecule has 0 radical (unpaired) electrons. The Hall–Kier alpha value is -2.69. The average molecular weight is 326 g/mol. The minimum absolute atomic E-state index is 0.0945. The van der Waals surface area contributed by atoms with E-state index in [2.05, 4.69) is 5.32 Å². The third-order valence-corrected chi connectivity index (χ3v) is 4.16. The lowest BCUT2D eigenvalue weighted by Crippen LogP contribution is -2.52. The van der Waals surface area contributed by atoms with Gasteiger partial charge in [-0.25, -0.2) is 4.39 Å². The van der Waals surface area contributed by atoms with E-state index in [0.29, 0.717) is 19.5 Å². The molecule has 0 bridgehead atoms. The van der Waals surface area contributed by atoms with Gasteiger partial charge in [0.25, 0.3) is 0 Å². The van der Waals surface area contributed by atoms with Crippen LogP contribution < -0.4 is 5.32 Å². The molecule has 0 saturated carbocycles. The van der Waals surface area contributed by atoms with Crippen LogP contribution in [0.2, 0.25) is 0 Å². The van der Waals surface area contributed by atoms with Crippen LogP contribution in [-0.2, 0) is 16.0 Å². The number of hydrogen-bond donors (Lipinski definition) is 1. The molecule has 4 nitrogen and oxygen atoms in total. The van der Waals surface area contributed by atoms with E-state index in [-0.39, 0.29) is 24.1 Å². The van der Waals surface area contributed by atoms with E-state index in [0.717, 1.165) is 11.1 Å². The van der Waals surface area contributed by atoms with Gasteiger partial charge in [-0.1, -0.05) is 42.5 Å². The third kappa shape index (κ3) is 3.62. The van der Waals surface area contributed by atoms with Crippen LogP contribution in [0.1, 0.15) is 23.6 Å². The highest BCUT2D eigenvalue weighted by atomic mass is 19.1. The molecule has 0 aromatic heterocycles. The molecular weight excluding hydrogens is 307 g/mol. The Labute approximate surface area is 140 Å². The van der Waals surface area contributed by atoms with E-state index in [9.17, 15) is 14.0 Å². The monoisotopic (exact) mass is 326 g/mol. The van der Waals surface area contributed by atoms with Crippen molar-refractivity contribution in [2.45, 2.75) is 18.9 Å².